The van der Waals surface area contributed by atoms with Crippen LogP contribution in [-0.2, 0) is 16.0 Å². The average Bonchev–Trinajstić information content (AvgIpc) is 2.14. The summed E-state index contributed by atoms with van der Waals surface area (Å²) in [5.41, 5.74) is 2.95. The Hall–Kier alpha value is -2.02. The maximum absolute atomic E-state index is 10.8. The number of benzene rings is 1. The van der Waals surface area contributed by atoms with Crippen molar-refractivity contribution in [2.24, 2.45) is 0 Å². The van der Waals surface area contributed by atoms with E-state index in [1.165, 1.54) is 6.92 Å². The molecule has 0 spiro atoms. The van der Waals surface area contributed by atoms with E-state index < -0.39 is 0 Å². The third-order valence-electron chi connectivity index (χ3n) is 2.41. The number of nitrogens with zero attached hydrogens (tertiary/aromatic N) is 1. The van der Waals surface area contributed by atoms with Gasteiger partial charge in [0.15, 0.2) is 0 Å². The topological polar surface area (TPSA) is 62.1 Å². The zero-order chi connectivity index (χ0) is 10.8. The third-order valence-corrected chi connectivity index (χ3v) is 2.41. The molecule has 1 aromatic carbocycles. The number of hydrogen-bond acceptors (Lipinski definition) is 3. The predicted octanol–water partition coefficient (Wildman–Crippen LogP) is 1.74. The summed E-state index contributed by atoms with van der Waals surface area (Å²) in [5.74, 6) is -0.0842. The Kier molecular flexibility index (Phi) is 2.30. The minimum Gasteiger partial charge on any atom is -0.419 e. The third kappa shape index (κ3) is 1.77. The first-order valence-electron chi connectivity index (χ1n) is 4.66. The summed E-state index contributed by atoms with van der Waals surface area (Å²) in [6.07, 6.45) is 2.32. The smallest absolute Gasteiger partial charge is 0.286 e. The molecule has 1 aliphatic rings. The Balaban J connectivity index is 2.15. The molecule has 1 N–H and O–H groups in total. The zero-order valence-electron chi connectivity index (χ0n) is 8.28. The lowest BCUT2D eigenvalue weighted by Gasteiger charge is -2.27. The largest absolute Gasteiger partial charge is 0.419 e. The summed E-state index contributed by atoms with van der Waals surface area (Å²) in [5, 5.41) is 11.1. The maximum atomic E-state index is 10.8. The highest BCUT2D eigenvalue weighted by Crippen LogP contribution is 2.37. The molecule has 4 heteroatoms. The molecule has 1 amide bonds. The molecule has 0 bridgehead atoms. The Bertz CT molecular complexity index is 448. The van der Waals surface area contributed by atoms with Gasteiger partial charge in [0, 0.05) is 19.0 Å². The van der Waals surface area contributed by atoms with Gasteiger partial charge in [-0.15, -0.1) is 0 Å². The van der Waals surface area contributed by atoms with E-state index in [2.05, 4.69) is 5.32 Å². The van der Waals surface area contributed by atoms with Crippen LogP contribution >= 0.6 is 0 Å². The van der Waals surface area contributed by atoms with Crippen LogP contribution in [0.1, 0.15) is 24.2 Å². The van der Waals surface area contributed by atoms with Crippen LogP contribution < -0.4 is 5.32 Å². The predicted molar refractivity (Wildman–Crippen MR) is 53.9 cm³/mol. The molecule has 1 aliphatic carbocycles. The molecule has 0 heterocycles. The van der Waals surface area contributed by atoms with E-state index in [0.29, 0.717) is 0 Å². The fourth-order valence-corrected chi connectivity index (χ4v) is 1.73. The van der Waals surface area contributed by atoms with E-state index in [4.69, 9.17) is 10.00 Å². The summed E-state index contributed by atoms with van der Waals surface area (Å²) in [6, 6.07) is 5.60. The van der Waals surface area contributed by atoms with Crippen molar-refractivity contribution < 1.29 is 9.53 Å². The van der Waals surface area contributed by atoms with E-state index in [1.807, 2.05) is 18.2 Å². The summed E-state index contributed by atoms with van der Waals surface area (Å²) in [7, 11) is 0. The number of carbonyl (C=O) groups excluding carboxylic acids is 1. The molecule has 0 saturated carbocycles. The number of rotatable bonds is 2. The van der Waals surface area contributed by atoms with Crippen LogP contribution in [0.5, 0.6) is 0 Å². The van der Waals surface area contributed by atoms with Crippen molar-refractivity contribution in [3.63, 3.8) is 0 Å². The quantitative estimate of drug-likeness (QED) is 0.743. The molecule has 1 atom stereocenters. The second-order valence-corrected chi connectivity index (χ2v) is 3.50. The molecule has 0 aromatic heterocycles. The molecule has 0 aliphatic heterocycles. The number of amides is 1. The molecule has 0 fully saturated rings. The molecule has 15 heavy (non-hydrogen) atoms. The molecule has 1 unspecified atom stereocenters. The van der Waals surface area contributed by atoms with Crippen LogP contribution in [0.3, 0.4) is 0 Å². The van der Waals surface area contributed by atoms with Crippen LogP contribution in [0.4, 0.5) is 5.69 Å². The van der Waals surface area contributed by atoms with E-state index >= 15 is 0 Å². The summed E-state index contributed by atoms with van der Waals surface area (Å²) in [6.45, 7) is 1.47. The van der Waals surface area contributed by atoms with Gasteiger partial charge in [0.1, 0.15) is 6.10 Å². The van der Waals surface area contributed by atoms with Crippen molar-refractivity contribution >= 4 is 11.6 Å². The van der Waals surface area contributed by atoms with Gasteiger partial charge in [0.25, 0.3) is 6.26 Å². The monoisotopic (exact) mass is 202 g/mol. The van der Waals surface area contributed by atoms with Gasteiger partial charge in [-0.05, 0) is 23.3 Å². The normalized spacial score (nSPS) is 16.9. The van der Waals surface area contributed by atoms with Crippen LogP contribution in [0, 0.1) is 11.5 Å². The van der Waals surface area contributed by atoms with Gasteiger partial charge in [-0.1, -0.05) is 6.07 Å². The van der Waals surface area contributed by atoms with E-state index in [9.17, 15) is 4.79 Å². The van der Waals surface area contributed by atoms with Gasteiger partial charge in [-0.2, -0.15) is 5.26 Å². The van der Waals surface area contributed by atoms with Crippen LogP contribution in [0.15, 0.2) is 18.2 Å². The molecule has 2 rings (SSSR count). The Morgan fingerprint density at radius 3 is 3.07 bits per heavy atom. The van der Waals surface area contributed by atoms with Crippen molar-refractivity contribution in [2.45, 2.75) is 19.4 Å². The van der Waals surface area contributed by atoms with E-state index in [-0.39, 0.29) is 12.0 Å². The van der Waals surface area contributed by atoms with Crippen molar-refractivity contribution in [2.75, 3.05) is 5.32 Å². The SMILES string of the molecule is CC(=O)Nc1ccc2c(c1)CC2OC#N. The highest BCUT2D eigenvalue weighted by atomic mass is 16.5. The minimum atomic E-state index is -0.101. The fraction of sp³-hybridized carbons (Fsp3) is 0.273. The molecule has 4 nitrogen and oxygen atoms in total. The zero-order valence-corrected chi connectivity index (χ0v) is 8.28. The highest BCUT2D eigenvalue weighted by molar-refractivity contribution is 5.88. The number of nitrogens with one attached hydrogen (secondary N) is 1. The van der Waals surface area contributed by atoms with Crippen molar-refractivity contribution in [1.29, 1.82) is 5.26 Å². The second-order valence-electron chi connectivity index (χ2n) is 3.50. The molecular weight excluding hydrogens is 192 g/mol. The van der Waals surface area contributed by atoms with Gasteiger partial charge in [0.2, 0.25) is 5.91 Å². The average molecular weight is 202 g/mol. The van der Waals surface area contributed by atoms with Gasteiger partial charge in [-0.3, -0.25) is 4.79 Å². The maximum Gasteiger partial charge on any atom is 0.286 e. The molecular formula is C11H10N2O2. The lowest BCUT2D eigenvalue weighted by molar-refractivity contribution is -0.114. The second kappa shape index (κ2) is 3.62. The standard InChI is InChI=1S/C11H10N2O2/c1-7(14)13-9-2-3-10-8(4-9)5-11(10)15-6-12/h2-4,11H,5H2,1H3,(H,13,14). The number of hydrogen-bond donors (Lipinski definition) is 1. The summed E-state index contributed by atoms with van der Waals surface area (Å²) < 4.78 is 4.84. The van der Waals surface area contributed by atoms with Gasteiger partial charge < -0.3 is 10.1 Å². The number of fused-ring (bicyclic) bond motifs is 1. The first-order valence-corrected chi connectivity index (χ1v) is 4.66. The first-order chi connectivity index (χ1) is 7.20. The molecule has 76 valence electrons. The fourth-order valence-electron chi connectivity index (χ4n) is 1.73. The highest BCUT2D eigenvalue weighted by Gasteiger charge is 2.27. The molecule has 0 radical (unpaired) electrons. The molecule has 1 aromatic rings. The summed E-state index contributed by atoms with van der Waals surface area (Å²) >= 11 is 0. The number of nitriles is 1. The van der Waals surface area contributed by atoms with Crippen molar-refractivity contribution in [3.05, 3.63) is 29.3 Å². The van der Waals surface area contributed by atoms with Crippen molar-refractivity contribution in [3.8, 4) is 6.26 Å². The first kappa shape index (κ1) is 9.53. The van der Waals surface area contributed by atoms with E-state index in [1.54, 1.807) is 6.26 Å². The Morgan fingerprint density at radius 1 is 1.67 bits per heavy atom. The Labute approximate surface area is 87.5 Å². The number of carbonyl (C=O) groups is 1. The molecule has 0 saturated heterocycles. The summed E-state index contributed by atoms with van der Waals surface area (Å²) in [4.78, 5) is 10.8. The number of ether oxygens (including phenoxy) is 1. The Morgan fingerprint density at radius 2 is 2.47 bits per heavy atom. The minimum absolute atomic E-state index is 0.0842. The lowest BCUT2D eigenvalue weighted by atomic mass is 9.85. The van der Waals surface area contributed by atoms with Crippen LogP contribution in [0.2, 0.25) is 0 Å². The van der Waals surface area contributed by atoms with Gasteiger partial charge in [-0.25, -0.2) is 0 Å². The van der Waals surface area contributed by atoms with Crippen LogP contribution in [0.25, 0.3) is 0 Å². The van der Waals surface area contributed by atoms with Crippen molar-refractivity contribution in [1.82, 2.24) is 0 Å². The van der Waals surface area contributed by atoms with Gasteiger partial charge in [0.05, 0.1) is 0 Å². The lowest BCUT2D eigenvalue weighted by Crippen LogP contribution is -2.19. The van der Waals surface area contributed by atoms with Gasteiger partial charge >= 0.3 is 0 Å². The van der Waals surface area contributed by atoms with Crippen LogP contribution in [-0.4, -0.2) is 5.91 Å². The van der Waals surface area contributed by atoms with E-state index in [0.717, 1.165) is 23.2 Å². The number of anilines is 1.